The molecule has 1 aromatic rings. The molecule has 19 heavy (non-hydrogen) atoms. The molecule has 2 heterocycles. The number of nitrogens with zero attached hydrogens (tertiary/aromatic N) is 2. The van der Waals surface area contributed by atoms with Crippen LogP contribution in [0.3, 0.4) is 0 Å². The number of hydrogen-bond donors (Lipinski definition) is 0. The third-order valence-electron chi connectivity index (χ3n) is 4.55. The van der Waals surface area contributed by atoms with Crippen molar-refractivity contribution in [2.24, 2.45) is 0 Å². The molecular weight excluding hydrogens is 256 g/mol. The molecule has 2 nitrogen and oxygen atoms in total. The van der Waals surface area contributed by atoms with Crippen molar-refractivity contribution in [1.82, 2.24) is 4.90 Å². The van der Waals surface area contributed by atoms with E-state index in [1.165, 1.54) is 64.0 Å². The first-order chi connectivity index (χ1) is 9.33. The van der Waals surface area contributed by atoms with Gasteiger partial charge in [0.15, 0.2) is 0 Å². The van der Waals surface area contributed by atoms with E-state index in [4.69, 9.17) is 11.6 Å². The fraction of sp³-hybridized carbons (Fsp3) is 0.625. The number of rotatable bonds is 2. The van der Waals surface area contributed by atoms with E-state index in [2.05, 4.69) is 21.9 Å². The molecule has 0 bridgehead atoms. The molecule has 3 heteroatoms. The Bertz CT molecular complexity index is 398. The summed E-state index contributed by atoms with van der Waals surface area (Å²) in [6.07, 6.45) is 6.78. The smallest absolute Gasteiger partial charge is 0.0407 e. The molecular formula is C16H23ClN2. The van der Waals surface area contributed by atoms with Crippen molar-refractivity contribution in [1.29, 1.82) is 0 Å². The second-order valence-electron chi connectivity index (χ2n) is 5.79. The van der Waals surface area contributed by atoms with E-state index >= 15 is 0 Å². The van der Waals surface area contributed by atoms with Crippen molar-refractivity contribution in [3.8, 4) is 0 Å². The minimum atomic E-state index is 0.819. The topological polar surface area (TPSA) is 6.48 Å². The largest absolute Gasteiger partial charge is 0.371 e. The zero-order chi connectivity index (χ0) is 13.1. The zero-order valence-electron chi connectivity index (χ0n) is 11.5. The van der Waals surface area contributed by atoms with E-state index in [1.54, 1.807) is 0 Å². The molecule has 0 aliphatic carbocycles. The highest BCUT2D eigenvalue weighted by Crippen LogP contribution is 2.25. The lowest BCUT2D eigenvalue weighted by Gasteiger charge is -2.27. The minimum absolute atomic E-state index is 0.819. The van der Waals surface area contributed by atoms with E-state index in [-0.39, 0.29) is 0 Å². The summed E-state index contributed by atoms with van der Waals surface area (Å²) in [5, 5.41) is 0.827. The summed E-state index contributed by atoms with van der Waals surface area (Å²) in [6.45, 7) is 5.02. The SMILES string of the molecule is Clc1ccc(N2CCCC(N3CCCC3)CC2)cc1. The molecule has 2 aliphatic heterocycles. The molecule has 0 radical (unpaired) electrons. The monoisotopic (exact) mass is 278 g/mol. The highest BCUT2D eigenvalue weighted by Gasteiger charge is 2.24. The molecule has 1 unspecified atom stereocenters. The average molecular weight is 279 g/mol. The Morgan fingerprint density at radius 1 is 0.842 bits per heavy atom. The highest BCUT2D eigenvalue weighted by molar-refractivity contribution is 6.30. The number of halogens is 1. The van der Waals surface area contributed by atoms with E-state index in [0.29, 0.717) is 0 Å². The average Bonchev–Trinajstić information content (AvgIpc) is 2.85. The normalized spacial score (nSPS) is 25.5. The Hall–Kier alpha value is -0.730. The molecule has 1 atom stereocenters. The summed E-state index contributed by atoms with van der Waals surface area (Å²) in [4.78, 5) is 5.23. The Balaban J connectivity index is 1.62. The van der Waals surface area contributed by atoms with Gasteiger partial charge in [-0.1, -0.05) is 11.6 Å². The van der Waals surface area contributed by atoms with Crippen LogP contribution in [0.5, 0.6) is 0 Å². The minimum Gasteiger partial charge on any atom is -0.371 e. The number of benzene rings is 1. The molecule has 0 saturated carbocycles. The van der Waals surface area contributed by atoms with Crippen LogP contribution >= 0.6 is 11.6 Å². The Kier molecular flexibility index (Phi) is 4.29. The molecule has 104 valence electrons. The third-order valence-corrected chi connectivity index (χ3v) is 4.80. The molecule has 2 aliphatic rings. The molecule has 0 spiro atoms. The lowest BCUT2D eigenvalue weighted by Crippen LogP contribution is -2.33. The van der Waals surface area contributed by atoms with E-state index < -0.39 is 0 Å². The van der Waals surface area contributed by atoms with Crippen LogP contribution in [0.4, 0.5) is 5.69 Å². The summed E-state index contributed by atoms with van der Waals surface area (Å²) in [5.74, 6) is 0. The Morgan fingerprint density at radius 3 is 2.32 bits per heavy atom. The van der Waals surface area contributed by atoms with Crippen LogP contribution in [-0.2, 0) is 0 Å². The molecule has 0 N–H and O–H groups in total. The number of hydrogen-bond acceptors (Lipinski definition) is 2. The number of anilines is 1. The van der Waals surface area contributed by atoms with Crippen LogP contribution in [0, 0.1) is 0 Å². The predicted octanol–water partition coefficient (Wildman–Crippen LogP) is 3.79. The van der Waals surface area contributed by atoms with Crippen molar-refractivity contribution >= 4 is 17.3 Å². The third kappa shape index (κ3) is 3.24. The summed E-state index contributed by atoms with van der Waals surface area (Å²) in [6, 6.07) is 9.12. The zero-order valence-corrected chi connectivity index (χ0v) is 12.3. The fourth-order valence-electron chi connectivity index (χ4n) is 3.46. The quantitative estimate of drug-likeness (QED) is 0.812. The molecule has 3 rings (SSSR count). The van der Waals surface area contributed by atoms with Crippen LogP contribution in [0.2, 0.25) is 5.02 Å². The van der Waals surface area contributed by atoms with Gasteiger partial charge in [0, 0.05) is 29.8 Å². The summed E-state index contributed by atoms with van der Waals surface area (Å²) >= 11 is 5.97. The standard InChI is InChI=1S/C16H23ClN2/c17-14-5-7-16(8-6-14)19-12-3-4-15(9-13-19)18-10-1-2-11-18/h5-8,15H,1-4,9-13H2. The van der Waals surface area contributed by atoms with Crippen molar-refractivity contribution in [2.45, 2.75) is 38.1 Å². The van der Waals surface area contributed by atoms with Crippen LogP contribution in [-0.4, -0.2) is 37.1 Å². The van der Waals surface area contributed by atoms with Gasteiger partial charge < -0.3 is 9.80 Å². The van der Waals surface area contributed by atoms with Gasteiger partial charge in [-0.05, 0) is 69.5 Å². The lowest BCUT2D eigenvalue weighted by atomic mass is 10.1. The maximum atomic E-state index is 5.97. The second kappa shape index (κ2) is 6.15. The van der Waals surface area contributed by atoms with E-state index in [0.717, 1.165) is 11.1 Å². The Morgan fingerprint density at radius 2 is 1.58 bits per heavy atom. The van der Waals surface area contributed by atoms with Crippen LogP contribution in [0.1, 0.15) is 32.1 Å². The predicted molar refractivity (Wildman–Crippen MR) is 82.1 cm³/mol. The van der Waals surface area contributed by atoms with Crippen molar-refractivity contribution in [3.05, 3.63) is 29.3 Å². The van der Waals surface area contributed by atoms with Crippen molar-refractivity contribution in [3.63, 3.8) is 0 Å². The molecule has 2 saturated heterocycles. The van der Waals surface area contributed by atoms with Crippen molar-refractivity contribution < 1.29 is 0 Å². The van der Waals surface area contributed by atoms with Crippen LogP contribution in [0.15, 0.2) is 24.3 Å². The highest BCUT2D eigenvalue weighted by atomic mass is 35.5. The first-order valence-electron chi connectivity index (χ1n) is 7.57. The Labute approximate surface area is 121 Å². The molecule has 0 amide bonds. The first-order valence-corrected chi connectivity index (χ1v) is 7.95. The van der Waals surface area contributed by atoms with Gasteiger partial charge in [-0.15, -0.1) is 0 Å². The van der Waals surface area contributed by atoms with Gasteiger partial charge in [-0.25, -0.2) is 0 Å². The van der Waals surface area contributed by atoms with Gasteiger partial charge in [0.25, 0.3) is 0 Å². The maximum Gasteiger partial charge on any atom is 0.0407 e. The molecule has 2 fully saturated rings. The molecule has 1 aromatic carbocycles. The van der Waals surface area contributed by atoms with Gasteiger partial charge in [-0.3, -0.25) is 0 Å². The number of likely N-dealkylation sites (tertiary alicyclic amines) is 1. The summed E-state index contributed by atoms with van der Waals surface area (Å²) < 4.78 is 0. The van der Waals surface area contributed by atoms with Gasteiger partial charge in [-0.2, -0.15) is 0 Å². The van der Waals surface area contributed by atoms with Crippen LogP contribution in [0.25, 0.3) is 0 Å². The first kappa shape index (κ1) is 13.3. The maximum absolute atomic E-state index is 5.97. The van der Waals surface area contributed by atoms with Crippen LogP contribution < -0.4 is 4.90 Å². The second-order valence-corrected chi connectivity index (χ2v) is 6.23. The fourth-order valence-corrected chi connectivity index (χ4v) is 3.59. The van der Waals surface area contributed by atoms with Crippen molar-refractivity contribution in [2.75, 3.05) is 31.1 Å². The van der Waals surface area contributed by atoms with Gasteiger partial charge in [0.1, 0.15) is 0 Å². The lowest BCUT2D eigenvalue weighted by molar-refractivity contribution is 0.225. The van der Waals surface area contributed by atoms with Gasteiger partial charge in [0.2, 0.25) is 0 Å². The van der Waals surface area contributed by atoms with Gasteiger partial charge >= 0.3 is 0 Å². The summed E-state index contributed by atoms with van der Waals surface area (Å²) in [7, 11) is 0. The summed E-state index contributed by atoms with van der Waals surface area (Å²) in [5.41, 5.74) is 1.33. The van der Waals surface area contributed by atoms with E-state index in [9.17, 15) is 0 Å². The van der Waals surface area contributed by atoms with E-state index in [1.807, 2.05) is 12.1 Å². The van der Waals surface area contributed by atoms with Gasteiger partial charge in [0.05, 0.1) is 0 Å². The molecule has 0 aromatic heterocycles.